The van der Waals surface area contributed by atoms with E-state index in [2.05, 4.69) is 5.32 Å². The molecule has 0 unspecified atom stereocenters. The van der Waals surface area contributed by atoms with Crippen LogP contribution < -0.4 is 15.5 Å². The van der Waals surface area contributed by atoms with Crippen LogP contribution in [-0.2, 0) is 9.53 Å². The van der Waals surface area contributed by atoms with Crippen molar-refractivity contribution in [3.8, 4) is 5.75 Å². The number of hydrogen-bond acceptors (Lipinski definition) is 7. The van der Waals surface area contributed by atoms with E-state index < -0.39 is 17.3 Å². The first-order chi connectivity index (χ1) is 15.4. The summed E-state index contributed by atoms with van der Waals surface area (Å²) < 4.78 is 15.7. The van der Waals surface area contributed by atoms with Crippen LogP contribution in [0.3, 0.4) is 0 Å². The van der Waals surface area contributed by atoms with Crippen molar-refractivity contribution in [3.05, 3.63) is 76.2 Å². The molecule has 8 heteroatoms. The average molecular weight is 436 g/mol. The minimum absolute atomic E-state index is 0.127. The van der Waals surface area contributed by atoms with Crippen LogP contribution in [0.15, 0.2) is 64.0 Å². The molecule has 2 aromatic carbocycles. The molecule has 1 heterocycles. The van der Waals surface area contributed by atoms with E-state index in [-0.39, 0.29) is 17.6 Å². The highest BCUT2D eigenvalue weighted by atomic mass is 16.5. The van der Waals surface area contributed by atoms with Gasteiger partial charge in [-0.15, -0.1) is 0 Å². The monoisotopic (exact) mass is 436 g/mol. The summed E-state index contributed by atoms with van der Waals surface area (Å²) in [6, 6.07) is 11.6. The molecule has 166 valence electrons. The number of carbonyl (C=O) groups is 2. The van der Waals surface area contributed by atoms with Crippen molar-refractivity contribution in [1.29, 1.82) is 0 Å². The predicted octanol–water partition coefficient (Wildman–Crippen LogP) is 3.17. The Bertz CT molecular complexity index is 1200. The molecule has 0 bridgehead atoms. The van der Waals surface area contributed by atoms with Gasteiger partial charge in [0.15, 0.2) is 0 Å². The van der Waals surface area contributed by atoms with Crippen LogP contribution in [0.5, 0.6) is 5.75 Å². The number of hydrogen-bond donors (Lipinski definition) is 1. The van der Waals surface area contributed by atoms with Crippen molar-refractivity contribution in [3.63, 3.8) is 0 Å². The van der Waals surface area contributed by atoms with Crippen molar-refractivity contribution in [1.82, 2.24) is 4.90 Å². The zero-order valence-electron chi connectivity index (χ0n) is 18.1. The van der Waals surface area contributed by atoms with Gasteiger partial charge in [0, 0.05) is 18.3 Å². The minimum atomic E-state index is -0.587. The summed E-state index contributed by atoms with van der Waals surface area (Å²) in [5.41, 5.74) is 0.849. The molecule has 3 aromatic rings. The summed E-state index contributed by atoms with van der Waals surface area (Å²) in [5, 5.41) is 2.90. The van der Waals surface area contributed by atoms with Gasteiger partial charge in [-0.25, -0.2) is 4.79 Å². The maximum atomic E-state index is 12.9. The number of benzene rings is 2. The number of fused-ring (bicyclic) bond motifs is 1. The lowest BCUT2D eigenvalue weighted by Crippen LogP contribution is -2.21. The number of rotatable bonds is 8. The molecule has 0 spiro atoms. The molecular weight excluding hydrogens is 412 g/mol. The third-order valence-corrected chi connectivity index (χ3v) is 4.58. The number of nitrogens with one attached hydrogen (secondary N) is 1. The zero-order chi connectivity index (χ0) is 23.1. The van der Waals surface area contributed by atoms with E-state index >= 15 is 0 Å². The van der Waals surface area contributed by atoms with Gasteiger partial charge < -0.3 is 24.1 Å². The van der Waals surface area contributed by atoms with E-state index in [1.165, 1.54) is 6.08 Å². The summed E-state index contributed by atoms with van der Waals surface area (Å²) in [4.78, 5) is 39.2. The Hall–Kier alpha value is -3.91. The molecule has 0 aliphatic carbocycles. The third kappa shape index (κ3) is 5.83. The van der Waals surface area contributed by atoms with E-state index in [0.29, 0.717) is 29.1 Å². The quantitative estimate of drug-likeness (QED) is 0.428. The maximum absolute atomic E-state index is 12.9. The van der Waals surface area contributed by atoms with Crippen LogP contribution in [0.4, 0.5) is 5.69 Å². The Morgan fingerprint density at radius 3 is 2.56 bits per heavy atom. The highest BCUT2D eigenvalue weighted by Gasteiger charge is 2.15. The van der Waals surface area contributed by atoms with Gasteiger partial charge in [-0.2, -0.15) is 0 Å². The van der Waals surface area contributed by atoms with Gasteiger partial charge in [0.25, 0.3) is 5.91 Å². The topological polar surface area (TPSA) is 98.1 Å². The standard InChI is InChI=1S/C24H24N2O6/c1-26(2)12-13-31-22(27)11-5-16-4-10-21-19(14-16)23(28)20(15-32-21)24(29)25-17-6-8-18(30-3)9-7-17/h4-11,14-15H,12-13H2,1-3H3,(H,25,29)/b11-5+. The van der Waals surface area contributed by atoms with E-state index in [1.807, 2.05) is 19.0 Å². The van der Waals surface area contributed by atoms with Crippen LogP contribution in [0.2, 0.25) is 0 Å². The van der Waals surface area contributed by atoms with Crippen molar-refractivity contribution >= 4 is 34.6 Å². The second-order valence-electron chi connectivity index (χ2n) is 7.22. The lowest BCUT2D eigenvalue weighted by Gasteiger charge is -2.08. The van der Waals surface area contributed by atoms with Crippen LogP contribution in [-0.4, -0.2) is 51.1 Å². The molecule has 1 aromatic heterocycles. The second kappa shape index (κ2) is 10.4. The average Bonchev–Trinajstić information content (AvgIpc) is 2.78. The van der Waals surface area contributed by atoms with Crippen LogP contribution in [0, 0.1) is 0 Å². The van der Waals surface area contributed by atoms with Crippen molar-refractivity contribution in [2.45, 2.75) is 0 Å². The molecular formula is C24H24N2O6. The third-order valence-electron chi connectivity index (χ3n) is 4.58. The Balaban J connectivity index is 1.77. The normalized spacial score (nSPS) is 11.1. The number of carbonyl (C=O) groups excluding carboxylic acids is 2. The number of anilines is 1. The van der Waals surface area contributed by atoms with E-state index in [0.717, 1.165) is 6.26 Å². The fourth-order valence-electron chi connectivity index (χ4n) is 2.82. The summed E-state index contributed by atoms with van der Waals surface area (Å²) in [7, 11) is 5.32. The van der Waals surface area contributed by atoms with Gasteiger partial charge in [0.2, 0.25) is 5.43 Å². The number of ether oxygens (including phenoxy) is 2. The zero-order valence-corrected chi connectivity index (χ0v) is 18.1. The van der Waals surface area contributed by atoms with Gasteiger partial charge in [0.1, 0.15) is 29.8 Å². The van der Waals surface area contributed by atoms with Gasteiger partial charge in [-0.3, -0.25) is 9.59 Å². The SMILES string of the molecule is COc1ccc(NC(=O)c2coc3ccc(/C=C/C(=O)OCCN(C)C)cc3c2=O)cc1. The first-order valence-corrected chi connectivity index (χ1v) is 9.88. The van der Waals surface area contributed by atoms with Gasteiger partial charge in [-0.1, -0.05) is 6.07 Å². The fourth-order valence-corrected chi connectivity index (χ4v) is 2.82. The molecule has 1 amide bonds. The summed E-state index contributed by atoms with van der Waals surface area (Å²) >= 11 is 0. The van der Waals surface area contributed by atoms with Gasteiger partial charge >= 0.3 is 5.97 Å². The fraction of sp³-hybridized carbons (Fsp3) is 0.208. The number of amides is 1. The number of esters is 1. The smallest absolute Gasteiger partial charge is 0.330 e. The highest BCUT2D eigenvalue weighted by Crippen LogP contribution is 2.18. The van der Waals surface area contributed by atoms with Gasteiger partial charge in [0.05, 0.1) is 12.5 Å². The Morgan fingerprint density at radius 1 is 1.12 bits per heavy atom. The molecule has 0 fully saturated rings. The summed E-state index contributed by atoms with van der Waals surface area (Å²) in [6.45, 7) is 0.905. The Morgan fingerprint density at radius 2 is 1.88 bits per heavy atom. The Labute approximate surface area is 185 Å². The number of likely N-dealkylation sites (N-methyl/N-ethyl adjacent to an activating group) is 1. The second-order valence-corrected chi connectivity index (χ2v) is 7.22. The lowest BCUT2D eigenvalue weighted by molar-refractivity contribution is -0.137. The minimum Gasteiger partial charge on any atom is -0.497 e. The molecule has 32 heavy (non-hydrogen) atoms. The molecule has 8 nitrogen and oxygen atoms in total. The number of nitrogens with zero attached hydrogens (tertiary/aromatic N) is 1. The molecule has 3 rings (SSSR count). The number of methoxy groups -OCH3 is 1. The molecule has 0 aliphatic heterocycles. The Kier molecular flexibility index (Phi) is 7.41. The summed E-state index contributed by atoms with van der Waals surface area (Å²) in [6.07, 6.45) is 3.97. The maximum Gasteiger partial charge on any atom is 0.330 e. The first-order valence-electron chi connectivity index (χ1n) is 9.88. The first kappa shape index (κ1) is 22.8. The largest absolute Gasteiger partial charge is 0.497 e. The van der Waals surface area contributed by atoms with Gasteiger partial charge in [-0.05, 0) is 62.1 Å². The highest BCUT2D eigenvalue weighted by molar-refractivity contribution is 6.05. The van der Waals surface area contributed by atoms with E-state index in [9.17, 15) is 14.4 Å². The van der Waals surface area contributed by atoms with Crippen molar-refractivity contribution < 1.29 is 23.5 Å². The predicted molar refractivity (Wildman–Crippen MR) is 122 cm³/mol. The van der Waals surface area contributed by atoms with Crippen molar-refractivity contribution in [2.24, 2.45) is 0 Å². The van der Waals surface area contributed by atoms with E-state index in [4.69, 9.17) is 13.9 Å². The van der Waals surface area contributed by atoms with Crippen molar-refractivity contribution in [2.75, 3.05) is 39.7 Å². The molecule has 0 saturated carbocycles. The molecule has 0 aliphatic rings. The van der Waals surface area contributed by atoms with Crippen LogP contribution >= 0.6 is 0 Å². The molecule has 0 radical (unpaired) electrons. The molecule has 0 saturated heterocycles. The van der Waals surface area contributed by atoms with Crippen LogP contribution in [0.25, 0.3) is 17.0 Å². The molecule has 0 atom stereocenters. The van der Waals surface area contributed by atoms with Crippen LogP contribution in [0.1, 0.15) is 15.9 Å². The lowest BCUT2D eigenvalue weighted by atomic mass is 10.1. The van der Waals surface area contributed by atoms with E-state index in [1.54, 1.807) is 55.7 Å². The summed E-state index contributed by atoms with van der Waals surface area (Å²) in [5.74, 6) is -0.418. The molecule has 1 N–H and O–H groups in total.